The van der Waals surface area contributed by atoms with E-state index in [1.807, 2.05) is 6.07 Å². The Balaban J connectivity index is 1.85. The van der Waals surface area contributed by atoms with Gasteiger partial charge in [0.05, 0.1) is 6.10 Å². The Morgan fingerprint density at radius 3 is 2.58 bits per heavy atom. The monoisotopic (exact) mass is 360 g/mol. The van der Waals surface area contributed by atoms with Crippen LogP contribution in [0.2, 0.25) is 0 Å². The molecular formula is C23H36O3. The van der Waals surface area contributed by atoms with Crippen molar-refractivity contribution in [3.63, 3.8) is 0 Å². The Kier molecular flexibility index (Phi) is 5.86. The summed E-state index contributed by atoms with van der Waals surface area (Å²) in [5, 5.41) is 21.7. The van der Waals surface area contributed by atoms with Crippen LogP contribution in [0, 0.1) is 11.8 Å². The van der Waals surface area contributed by atoms with E-state index in [1.165, 1.54) is 25.7 Å². The minimum atomic E-state index is -0.415. The first-order valence-electron chi connectivity index (χ1n) is 10.6. The Morgan fingerprint density at radius 1 is 1.12 bits per heavy atom. The van der Waals surface area contributed by atoms with Gasteiger partial charge >= 0.3 is 0 Å². The summed E-state index contributed by atoms with van der Waals surface area (Å²) in [6.07, 6.45) is 8.83. The van der Waals surface area contributed by atoms with Crippen molar-refractivity contribution in [1.82, 2.24) is 0 Å². The molecule has 2 N–H and O–H groups in total. The smallest absolute Gasteiger partial charge is 0.127 e. The second kappa shape index (κ2) is 7.80. The number of rotatable bonds is 6. The van der Waals surface area contributed by atoms with Gasteiger partial charge in [-0.25, -0.2) is 0 Å². The Hall–Kier alpha value is -1.22. The van der Waals surface area contributed by atoms with Crippen molar-refractivity contribution < 1.29 is 14.9 Å². The average molecular weight is 361 g/mol. The van der Waals surface area contributed by atoms with Gasteiger partial charge in [0, 0.05) is 17.4 Å². The summed E-state index contributed by atoms with van der Waals surface area (Å²) < 4.78 is 6.37. The van der Waals surface area contributed by atoms with E-state index in [-0.39, 0.29) is 23.4 Å². The van der Waals surface area contributed by atoms with Crippen molar-refractivity contribution in [2.45, 2.75) is 96.7 Å². The molecule has 0 bridgehead atoms. The molecule has 0 aromatic heterocycles. The Labute approximate surface area is 158 Å². The minimum absolute atomic E-state index is 0.0314. The maximum atomic E-state index is 10.9. The maximum Gasteiger partial charge on any atom is 0.127 e. The molecule has 146 valence electrons. The number of phenolic OH excluding ortho intramolecular Hbond substituents is 1. The van der Waals surface area contributed by atoms with E-state index >= 15 is 0 Å². The molecule has 2 aliphatic rings. The van der Waals surface area contributed by atoms with Gasteiger partial charge < -0.3 is 14.9 Å². The summed E-state index contributed by atoms with van der Waals surface area (Å²) in [5.41, 5.74) is 1.67. The van der Waals surface area contributed by atoms with E-state index < -0.39 is 6.10 Å². The van der Waals surface area contributed by atoms with Crippen molar-refractivity contribution in [2.24, 2.45) is 11.8 Å². The fraction of sp³-hybridized carbons (Fsp3) is 0.739. The van der Waals surface area contributed by atoms with E-state index in [0.29, 0.717) is 5.75 Å². The number of hydrogen-bond acceptors (Lipinski definition) is 3. The fourth-order valence-corrected chi connectivity index (χ4v) is 5.06. The van der Waals surface area contributed by atoms with E-state index in [1.54, 1.807) is 0 Å². The molecule has 1 aromatic carbocycles. The summed E-state index contributed by atoms with van der Waals surface area (Å²) in [6.45, 7) is 8.61. The van der Waals surface area contributed by atoms with Crippen LogP contribution in [-0.4, -0.2) is 21.9 Å². The molecule has 26 heavy (non-hydrogen) atoms. The van der Waals surface area contributed by atoms with E-state index in [0.717, 1.165) is 42.6 Å². The van der Waals surface area contributed by atoms with Crippen LogP contribution in [0.3, 0.4) is 0 Å². The zero-order chi connectivity index (χ0) is 18.9. The summed E-state index contributed by atoms with van der Waals surface area (Å²) >= 11 is 0. The van der Waals surface area contributed by atoms with E-state index in [2.05, 4.69) is 33.8 Å². The lowest BCUT2D eigenvalue weighted by atomic mass is 9.62. The number of fused-ring (bicyclic) bond motifs is 3. The zero-order valence-electron chi connectivity index (χ0n) is 16.9. The third kappa shape index (κ3) is 3.74. The molecule has 4 atom stereocenters. The molecule has 1 aliphatic heterocycles. The first-order chi connectivity index (χ1) is 12.3. The highest BCUT2D eigenvalue weighted by Gasteiger charge is 2.50. The lowest BCUT2D eigenvalue weighted by molar-refractivity contribution is -0.0662. The van der Waals surface area contributed by atoms with Crippen LogP contribution in [0.15, 0.2) is 12.1 Å². The van der Waals surface area contributed by atoms with Crippen molar-refractivity contribution >= 4 is 0 Å². The first kappa shape index (κ1) is 19.5. The number of aromatic hydroxyl groups is 1. The molecule has 1 aliphatic carbocycles. The number of unbranched alkanes of at least 4 members (excludes halogenated alkanes) is 4. The van der Waals surface area contributed by atoms with Crippen LogP contribution in [0.25, 0.3) is 0 Å². The lowest BCUT2D eigenvalue weighted by Crippen LogP contribution is -2.51. The van der Waals surface area contributed by atoms with Gasteiger partial charge in [-0.15, -0.1) is 0 Å². The number of hydrogen-bond donors (Lipinski definition) is 2. The third-order valence-electron chi connectivity index (χ3n) is 6.67. The normalized spacial score (nSPS) is 29.6. The second-order valence-corrected chi connectivity index (χ2v) is 9.07. The van der Waals surface area contributed by atoms with E-state index in [9.17, 15) is 10.2 Å². The van der Waals surface area contributed by atoms with Crippen LogP contribution in [0.4, 0.5) is 0 Å². The van der Waals surface area contributed by atoms with Crippen LogP contribution in [0.5, 0.6) is 11.5 Å². The van der Waals surface area contributed by atoms with E-state index in [4.69, 9.17) is 4.74 Å². The van der Waals surface area contributed by atoms with Crippen molar-refractivity contribution in [1.29, 1.82) is 0 Å². The molecule has 3 nitrogen and oxygen atoms in total. The van der Waals surface area contributed by atoms with Gasteiger partial charge in [0.15, 0.2) is 0 Å². The molecular weight excluding hydrogens is 324 g/mol. The predicted molar refractivity (Wildman–Crippen MR) is 106 cm³/mol. The summed E-state index contributed by atoms with van der Waals surface area (Å²) in [6, 6.07) is 4.02. The molecule has 0 spiro atoms. The molecule has 1 heterocycles. The van der Waals surface area contributed by atoms with Gasteiger partial charge in [-0.2, -0.15) is 0 Å². The van der Waals surface area contributed by atoms with Crippen molar-refractivity contribution in [3.05, 3.63) is 23.3 Å². The van der Waals surface area contributed by atoms with Crippen molar-refractivity contribution in [3.8, 4) is 11.5 Å². The van der Waals surface area contributed by atoms with Crippen LogP contribution >= 0.6 is 0 Å². The molecule has 0 saturated heterocycles. The van der Waals surface area contributed by atoms with Crippen LogP contribution in [-0.2, 0) is 6.42 Å². The number of ether oxygens (including phenoxy) is 1. The number of aliphatic hydroxyl groups excluding tert-OH is 1. The number of aliphatic hydroxyl groups is 1. The number of aryl methyl sites for hydroxylation is 1. The second-order valence-electron chi connectivity index (χ2n) is 9.07. The Bertz CT molecular complexity index is 622. The van der Waals surface area contributed by atoms with Gasteiger partial charge in [0.2, 0.25) is 0 Å². The largest absolute Gasteiger partial charge is 0.508 e. The quantitative estimate of drug-likeness (QED) is 0.652. The molecule has 3 rings (SSSR count). The molecule has 3 heteroatoms. The molecule has 0 amide bonds. The van der Waals surface area contributed by atoms with Gasteiger partial charge in [-0.05, 0) is 63.1 Å². The predicted octanol–water partition coefficient (Wildman–Crippen LogP) is 5.57. The first-order valence-corrected chi connectivity index (χ1v) is 10.6. The SMILES string of the molecule is CCCCCCCc1cc(O)c2c(c1)OC(C)(C)[C@@H]1CC[C@H](C)[C@@H](O)[C@@H]21. The zero-order valence-corrected chi connectivity index (χ0v) is 16.9. The number of benzene rings is 1. The van der Waals surface area contributed by atoms with Gasteiger partial charge in [0.1, 0.15) is 17.1 Å². The van der Waals surface area contributed by atoms with Crippen molar-refractivity contribution in [2.75, 3.05) is 0 Å². The summed E-state index contributed by atoms with van der Waals surface area (Å²) in [4.78, 5) is 0. The van der Waals surface area contributed by atoms with Crippen LogP contribution < -0.4 is 4.74 Å². The molecule has 1 saturated carbocycles. The highest BCUT2D eigenvalue weighted by molar-refractivity contribution is 5.52. The molecule has 0 radical (unpaired) electrons. The standard InChI is InChI=1S/C23H36O3/c1-5-6-7-8-9-10-16-13-18(24)21-19(14-16)26-23(3,4)17-12-11-15(2)22(25)20(17)21/h13-15,17,20,22,24-25H,5-12H2,1-4H3/t15-,17+,20+,22+/m0/s1. The lowest BCUT2D eigenvalue weighted by Gasteiger charge is -2.50. The minimum Gasteiger partial charge on any atom is -0.508 e. The molecule has 0 unspecified atom stereocenters. The fourth-order valence-electron chi connectivity index (χ4n) is 5.06. The topological polar surface area (TPSA) is 49.7 Å². The average Bonchev–Trinajstić information content (AvgIpc) is 2.57. The maximum absolute atomic E-state index is 10.9. The summed E-state index contributed by atoms with van der Waals surface area (Å²) in [5.74, 6) is 1.57. The molecule has 1 fully saturated rings. The highest BCUT2D eigenvalue weighted by atomic mass is 16.5. The number of phenols is 1. The van der Waals surface area contributed by atoms with Gasteiger partial charge in [-0.1, -0.05) is 39.5 Å². The highest BCUT2D eigenvalue weighted by Crippen LogP contribution is 2.55. The Morgan fingerprint density at radius 2 is 1.85 bits per heavy atom. The third-order valence-corrected chi connectivity index (χ3v) is 6.67. The van der Waals surface area contributed by atoms with Gasteiger partial charge in [0.25, 0.3) is 0 Å². The molecule has 1 aromatic rings. The summed E-state index contributed by atoms with van der Waals surface area (Å²) in [7, 11) is 0. The van der Waals surface area contributed by atoms with Crippen LogP contribution in [0.1, 0.15) is 89.7 Å². The van der Waals surface area contributed by atoms with Gasteiger partial charge in [-0.3, -0.25) is 0 Å².